The van der Waals surface area contributed by atoms with Crippen molar-refractivity contribution >= 4 is 16.9 Å². The minimum atomic E-state index is -0.0529. The lowest BCUT2D eigenvalue weighted by Crippen LogP contribution is -2.38. The molecule has 0 fully saturated rings. The Bertz CT molecular complexity index is 933. The van der Waals surface area contributed by atoms with E-state index in [0.29, 0.717) is 19.1 Å². The largest absolute Gasteiger partial charge is 0.490 e. The van der Waals surface area contributed by atoms with Crippen LogP contribution in [0, 0.1) is 6.92 Å². The van der Waals surface area contributed by atoms with Crippen molar-refractivity contribution in [1.82, 2.24) is 15.6 Å². The fourth-order valence-corrected chi connectivity index (χ4v) is 2.88. The highest BCUT2D eigenvalue weighted by Gasteiger charge is 2.15. The van der Waals surface area contributed by atoms with Crippen molar-refractivity contribution in [3.8, 4) is 5.75 Å². The molecule has 0 aliphatic carbocycles. The number of ether oxygens (including phenoxy) is 1. The quantitative estimate of drug-likeness (QED) is 0.510. The van der Waals surface area contributed by atoms with E-state index in [9.17, 15) is 0 Å². The topological polar surface area (TPSA) is 71.7 Å². The SMILES string of the molecule is CCOc1cccc2cc(C(C)NC(=NC)NCc3ncccc3C)oc12. The molecule has 0 amide bonds. The zero-order valence-electron chi connectivity index (χ0n) is 16.2. The number of aryl methyl sites for hydroxylation is 1. The first-order chi connectivity index (χ1) is 13.1. The Morgan fingerprint density at radius 2 is 2.15 bits per heavy atom. The third-order valence-electron chi connectivity index (χ3n) is 4.37. The number of hydrogen-bond acceptors (Lipinski definition) is 4. The van der Waals surface area contributed by atoms with Crippen molar-refractivity contribution in [2.24, 2.45) is 4.99 Å². The van der Waals surface area contributed by atoms with Crippen LogP contribution in [0.25, 0.3) is 11.0 Å². The number of fused-ring (bicyclic) bond motifs is 1. The molecule has 1 atom stereocenters. The Kier molecular flexibility index (Phi) is 5.96. The number of para-hydroxylation sites is 1. The van der Waals surface area contributed by atoms with Gasteiger partial charge in [-0.3, -0.25) is 9.98 Å². The Balaban J connectivity index is 1.70. The molecule has 2 N–H and O–H groups in total. The van der Waals surface area contributed by atoms with Gasteiger partial charge in [0, 0.05) is 18.6 Å². The summed E-state index contributed by atoms with van der Waals surface area (Å²) in [5, 5.41) is 7.69. The summed E-state index contributed by atoms with van der Waals surface area (Å²) < 4.78 is 11.7. The van der Waals surface area contributed by atoms with Crippen LogP contribution in [-0.2, 0) is 6.54 Å². The summed E-state index contributed by atoms with van der Waals surface area (Å²) in [6.07, 6.45) is 1.80. The van der Waals surface area contributed by atoms with Gasteiger partial charge in [0.2, 0.25) is 0 Å². The highest BCUT2D eigenvalue weighted by molar-refractivity contribution is 5.84. The second-order valence-electron chi connectivity index (χ2n) is 6.32. The Morgan fingerprint density at radius 1 is 1.30 bits per heavy atom. The second kappa shape index (κ2) is 8.58. The maximum Gasteiger partial charge on any atom is 0.191 e. The van der Waals surface area contributed by atoms with Crippen LogP contribution in [0.3, 0.4) is 0 Å². The number of furan rings is 1. The van der Waals surface area contributed by atoms with Crippen LogP contribution >= 0.6 is 0 Å². The van der Waals surface area contributed by atoms with Gasteiger partial charge in [0.15, 0.2) is 17.3 Å². The highest BCUT2D eigenvalue weighted by Crippen LogP contribution is 2.31. The molecule has 0 aliphatic rings. The summed E-state index contributed by atoms with van der Waals surface area (Å²) in [7, 11) is 1.75. The van der Waals surface area contributed by atoms with Crippen LogP contribution in [0.15, 0.2) is 52.0 Å². The first-order valence-electron chi connectivity index (χ1n) is 9.15. The zero-order valence-corrected chi connectivity index (χ0v) is 16.2. The van der Waals surface area contributed by atoms with Gasteiger partial charge in [0.25, 0.3) is 0 Å². The fraction of sp³-hybridized carbons (Fsp3) is 0.333. The smallest absolute Gasteiger partial charge is 0.191 e. The number of pyridine rings is 1. The highest BCUT2D eigenvalue weighted by atomic mass is 16.5. The summed E-state index contributed by atoms with van der Waals surface area (Å²) in [5.74, 6) is 2.29. The monoisotopic (exact) mass is 366 g/mol. The number of nitrogens with one attached hydrogen (secondary N) is 2. The maximum atomic E-state index is 6.06. The lowest BCUT2D eigenvalue weighted by molar-refractivity contribution is 0.336. The minimum Gasteiger partial charge on any atom is -0.490 e. The van der Waals surface area contributed by atoms with E-state index in [1.165, 1.54) is 0 Å². The third-order valence-corrected chi connectivity index (χ3v) is 4.37. The first kappa shape index (κ1) is 18.8. The van der Waals surface area contributed by atoms with Crippen molar-refractivity contribution in [3.05, 3.63) is 59.6 Å². The van der Waals surface area contributed by atoms with E-state index in [2.05, 4.69) is 20.6 Å². The van der Waals surface area contributed by atoms with E-state index in [0.717, 1.165) is 33.7 Å². The van der Waals surface area contributed by atoms with Crippen molar-refractivity contribution < 1.29 is 9.15 Å². The van der Waals surface area contributed by atoms with Gasteiger partial charge in [0.1, 0.15) is 5.76 Å². The average Bonchev–Trinajstić information content (AvgIpc) is 3.12. The molecule has 3 rings (SSSR count). The van der Waals surface area contributed by atoms with E-state index in [4.69, 9.17) is 9.15 Å². The van der Waals surface area contributed by atoms with Crippen LogP contribution in [0.4, 0.5) is 0 Å². The predicted octanol–water partition coefficient (Wildman–Crippen LogP) is 3.96. The number of aromatic nitrogens is 1. The predicted molar refractivity (Wildman–Crippen MR) is 108 cm³/mol. The summed E-state index contributed by atoms with van der Waals surface area (Å²) in [4.78, 5) is 8.70. The Labute approximate surface area is 159 Å². The molecule has 0 radical (unpaired) electrons. The number of nitrogens with zero attached hydrogens (tertiary/aromatic N) is 2. The number of aliphatic imine (C=N–C) groups is 1. The van der Waals surface area contributed by atoms with Crippen LogP contribution in [0.1, 0.15) is 36.9 Å². The number of guanidine groups is 1. The van der Waals surface area contributed by atoms with Crippen LogP contribution in [0.2, 0.25) is 0 Å². The van der Waals surface area contributed by atoms with Gasteiger partial charge in [-0.25, -0.2) is 0 Å². The minimum absolute atomic E-state index is 0.0529. The summed E-state index contributed by atoms with van der Waals surface area (Å²) in [6.45, 7) is 7.26. The Morgan fingerprint density at radius 3 is 2.89 bits per heavy atom. The molecule has 2 aromatic heterocycles. The summed E-state index contributed by atoms with van der Waals surface area (Å²) in [6, 6.07) is 11.9. The number of benzene rings is 1. The van der Waals surface area contributed by atoms with Gasteiger partial charge in [0.05, 0.1) is 24.9 Å². The third kappa shape index (κ3) is 4.39. The molecule has 3 aromatic rings. The molecule has 6 nitrogen and oxygen atoms in total. The van der Waals surface area contributed by atoms with Crippen LogP contribution in [-0.4, -0.2) is 24.6 Å². The van der Waals surface area contributed by atoms with Gasteiger partial charge in [-0.15, -0.1) is 0 Å². The molecule has 0 bridgehead atoms. The molecule has 142 valence electrons. The molecule has 0 saturated carbocycles. The van der Waals surface area contributed by atoms with E-state index < -0.39 is 0 Å². The van der Waals surface area contributed by atoms with Gasteiger partial charge in [-0.2, -0.15) is 0 Å². The maximum absolute atomic E-state index is 6.06. The molecule has 0 saturated heterocycles. The molecule has 0 aliphatic heterocycles. The Hall–Kier alpha value is -3.02. The van der Waals surface area contributed by atoms with Gasteiger partial charge >= 0.3 is 0 Å². The van der Waals surface area contributed by atoms with E-state index >= 15 is 0 Å². The number of rotatable bonds is 6. The lowest BCUT2D eigenvalue weighted by atomic mass is 10.2. The summed E-state index contributed by atoms with van der Waals surface area (Å²) in [5.41, 5.74) is 2.92. The normalized spacial score (nSPS) is 12.8. The van der Waals surface area contributed by atoms with Crippen LogP contribution < -0.4 is 15.4 Å². The van der Waals surface area contributed by atoms with Gasteiger partial charge < -0.3 is 19.8 Å². The van der Waals surface area contributed by atoms with Gasteiger partial charge in [-0.1, -0.05) is 18.2 Å². The molecular formula is C21H26N4O2. The molecule has 2 heterocycles. The molecular weight excluding hydrogens is 340 g/mol. The average molecular weight is 366 g/mol. The van der Waals surface area contributed by atoms with E-state index in [1.807, 2.05) is 57.2 Å². The van der Waals surface area contributed by atoms with Crippen molar-refractivity contribution in [3.63, 3.8) is 0 Å². The summed E-state index contributed by atoms with van der Waals surface area (Å²) >= 11 is 0. The molecule has 0 spiro atoms. The van der Waals surface area contributed by atoms with E-state index in [-0.39, 0.29) is 6.04 Å². The van der Waals surface area contributed by atoms with E-state index in [1.54, 1.807) is 13.2 Å². The second-order valence-corrected chi connectivity index (χ2v) is 6.32. The number of hydrogen-bond donors (Lipinski definition) is 2. The van der Waals surface area contributed by atoms with Crippen molar-refractivity contribution in [2.45, 2.75) is 33.4 Å². The fourth-order valence-electron chi connectivity index (χ4n) is 2.88. The van der Waals surface area contributed by atoms with Gasteiger partial charge in [-0.05, 0) is 44.5 Å². The first-order valence-corrected chi connectivity index (χ1v) is 9.15. The molecule has 27 heavy (non-hydrogen) atoms. The molecule has 6 heteroatoms. The van der Waals surface area contributed by atoms with Crippen LogP contribution in [0.5, 0.6) is 5.75 Å². The lowest BCUT2D eigenvalue weighted by Gasteiger charge is -2.16. The molecule has 1 unspecified atom stereocenters. The van der Waals surface area contributed by atoms with Crippen molar-refractivity contribution in [1.29, 1.82) is 0 Å². The zero-order chi connectivity index (χ0) is 19.2. The standard InChI is InChI=1S/C21H26N4O2/c1-5-26-18-10-6-9-16-12-19(27-20(16)18)15(3)25-21(22-4)24-13-17-14(2)8-7-11-23-17/h6-12,15H,5,13H2,1-4H3,(H2,22,24,25). The molecule has 1 aromatic carbocycles. The van der Waals surface area contributed by atoms with Crippen molar-refractivity contribution in [2.75, 3.05) is 13.7 Å².